The first-order valence-corrected chi connectivity index (χ1v) is 6.95. The summed E-state index contributed by atoms with van der Waals surface area (Å²) in [6.07, 6.45) is 0. The van der Waals surface area contributed by atoms with Crippen LogP contribution in [0.4, 0.5) is 0 Å². The van der Waals surface area contributed by atoms with E-state index < -0.39 is 8.96 Å². The molecule has 0 radical (unpaired) electrons. The molecule has 0 N–H and O–H groups in total. The second-order valence-electron chi connectivity index (χ2n) is 3.43. The van der Waals surface area contributed by atoms with Crippen molar-refractivity contribution in [1.29, 1.82) is 0 Å². The summed E-state index contributed by atoms with van der Waals surface area (Å²) in [5, 5.41) is 0. The van der Waals surface area contributed by atoms with Crippen LogP contribution >= 0.6 is 0 Å². The molecule has 0 aromatic rings. The first kappa shape index (κ1) is 8.24. The molecule has 1 heterocycles. The Morgan fingerprint density at radius 3 is 1.90 bits per heavy atom. The van der Waals surface area contributed by atoms with E-state index in [-0.39, 0.29) is 0 Å². The molecule has 1 saturated heterocycles. The lowest BCUT2D eigenvalue weighted by Crippen LogP contribution is -2.48. The summed E-state index contributed by atoms with van der Waals surface area (Å²) >= 11 is 0. The summed E-state index contributed by atoms with van der Waals surface area (Å²) in [4.78, 5) is 2.41. The second-order valence-corrected chi connectivity index (χ2v) is 6.35. The molecule has 1 fully saturated rings. The van der Waals surface area contributed by atoms with Crippen molar-refractivity contribution < 1.29 is 0 Å². The topological polar surface area (TPSA) is 6.48 Å². The fraction of sp³-hybridized carbons (Fsp3) is 1.00. The highest BCUT2D eigenvalue weighted by atomic mass is 28.3. The smallest absolute Gasteiger partial charge is 0.105 e. The average Bonchev–Trinajstić information content (AvgIpc) is 1.88. The van der Waals surface area contributed by atoms with Gasteiger partial charge in [0.15, 0.2) is 0 Å². The maximum absolute atomic E-state index is 2.67. The van der Waals surface area contributed by atoms with Gasteiger partial charge < -0.3 is 9.47 Å². The Morgan fingerprint density at radius 2 is 1.50 bits per heavy atom. The Balaban J connectivity index is 2.26. The predicted molar refractivity (Wildman–Crippen MR) is 47.9 cm³/mol. The number of hydrogen-bond acceptors (Lipinski definition) is 2. The van der Waals surface area contributed by atoms with Gasteiger partial charge in [-0.1, -0.05) is 13.1 Å². The summed E-state index contributed by atoms with van der Waals surface area (Å²) in [5.41, 5.74) is 0. The average molecular weight is 158 g/mol. The molecular weight excluding hydrogens is 140 g/mol. The summed E-state index contributed by atoms with van der Waals surface area (Å²) < 4.78 is 2.67. The van der Waals surface area contributed by atoms with E-state index in [0.717, 1.165) is 0 Å². The van der Waals surface area contributed by atoms with Gasteiger partial charge in [0.05, 0.1) is 0 Å². The van der Waals surface area contributed by atoms with E-state index in [2.05, 4.69) is 29.6 Å². The van der Waals surface area contributed by atoms with Gasteiger partial charge in [0, 0.05) is 26.2 Å². The molecule has 1 aliphatic heterocycles. The lowest BCUT2D eigenvalue weighted by atomic mass is 10.4. The fourth-order valence-electron chi connectivity index (χ4n) is 1.34. The molecule has 10 heavy (non-hydrogen) atoms. The highest BCUT2D eigenvalue weighted by Crippen LogP contribution is 2.00. The van der Waals surface area contributed by atoms with Gasteiger partial charge in [-0.25, -0.2) is 0 Å². The van der Waals surface area contributed by atoms with E-state index >= 15 is 0 Å². The highest BCUT2D eigenvalue weighted by Gasteiger charge is 2.15. The number of hydrogen-bond donors (Lipinski definition) is 0. The second kappa shape index (κ2) is 3.51. The predicted octanol–water partition coefficient (Wildman–Crippen LogP) is 0.217. The van der Waals surface area contributed by atoms with Crippen molar-refractivity contribution in [2.24, 2.45) is 0 Å². The van der Waals surface area contributed by atoms with Crippen molar-refractivity contribution in [2.45, 2.75) is 13.1 Å². The molecule has 60 valence electrons. The van der Waals surface area contributed by atoms with Gasteiger partial charge in [-0.05, 0) is 7.05 Å². The van der Waals surface area contributed by atoms with Crippen molar-refractivity contribution in [2.75, 3.05) is 33.2 Å². The molecule has 0 unspecified atom stereocenters. The highest BCUT2D eigenvalue weighted by molar-refractivity contribution is 6.52. The zero-order valence-electron chi connectivity index (χ0n) is 7.30. The molecule has 0 spiro atoms. The van der Waals surface area contributed by atoms with E-state index in [4.69, 9.17) is 0 Å². The molecule has 3 heteroatoms. The van der Waals surface area contributed by atoms with Gasteiger partial charge in [0.25, 0.3) is 0 Å². The Labute approximate surface area is 65.5 Å². The number of likely N-dealkylation sites (N-methyl/N-ethyl adjacent to an activating group) is 1. The van der Waals surface area contributed by atoms with E-state index in [9.17, 15) is 0 Å². The molecule has 2 nitrogen and oxygen atoms in total. The molecule has 0 saturated carbocycles. The molecule has 0 atom stereocenters. The van der Waals surface area contributed by atoms with Crippen LogP contribution in [0.1, 0.15) is 0 Å². The molecular formula is C7H18N2Si. The molecule has 1 aliphatic rings. The standard InChI is InChI=1S/C7H18N2Si/c1-8-4-6-9(7-5-8)10(2)3/h10H,4-7H2,1-3H3. The van der Waals surface area contributed by atoms with Crippen molar-refractivity contribution in [3.8, 4) is 0 Å². The molecule has 0 aromatic heterocycles. The monoisotopic (exact) mass is 158 g/mol. The van der Waals surface area contributed by atoms with Crippen LogP contribution in [0.2, 0.25) is 13.1 Å². The van der Waals surface area contributed by atoms with E-state index in [1.165, 1.54) is 26.2 Å². The van der Waals surface area contributed by atoms with Gasteiger partial charge >= 0.3 is 0 Å². The molecule has 0 bridgehead atoms. The van der Waals surface area contributed by atoms with E-state index in [0.29, 0.717) is 0 Å². The lowest BCUT2D eigenvalue weighted by Gasteiger charge is -2.34. The summed E-state index contributed by atoms with van der Waals surface area (Å²) in [6, 6.07) is 0. The number of rotatable bonds is 1. The zero-order chi connectivity index (χ0) is 7.56. The van der Waals surface area contributed by atoms with Crippen molar-refractivity contribution in [3.05, 3.63) is 0 Å². The summed E-state index contributed by atoms with van der Waals surface area (Å²) in [5.74, 6) is 0. The maximum atomic E-state index is 2.67. The van der Waals surface area contributed by atoms with Crippen LogP contribution in [-0.2, 0) is 0 Å². The van der Waals surface area contributed by atoms with Crippen LogP contribution in [0.15, 0.2) is 0 Å². The van der Waals surface area contributed by atoms with Crippen LogP contribution in [0.25, 0.3) is 0 Å². The Hall–Kier alpha value is 0.137. The molecule has 0 aliphatic carbocycles. The fourth-order valence-corrected chi connectivity index (χ4v) is 2.60. The summed E-state index contributed by atoms with van der Waals surface area (Å²) in [6.45, 7) is 9.97. The van der Waals surface area contributed by atoms with E-state index in [1.54, 1.807) is 0 Å². The van der Waals surface area contributed by atoms with Gasteiger partial charge in [-0.15, -0.1) is 0 Å². The lowest BCUT2D eigenvalue weighted by molar-refractivity contribution is 0.221. The van der Waals surface area contributed by atoms with E-state index in [1.807, 2.05) is 0 Å². The Morgan fingerprint density at radius 1 is 1.00 bits per heavy atom. The van der Waals surface area contributed by atoms with Gasteiger partial charge in [0.1, 0.15) is 8.96 Å². The quantitative estimate of drug-likeness (QED) is 0.504. The molecule has 1 rings (SSSR count). The van der Waals surface area contributed by atoms with Crippen LogP contribution in [0.3, 0.4) is 0 Å². The van der Waals surface area contributed by atoms with Crippen LogP contribution < -0.4 is 0 Å². The van der Waals surface area contributed by atoms with Crippen molar-refractivity contribution in [1.82, 2.24) is 9.47 Å². The molecule has 0 amide bonds. The minimum atomic E-state index is -0.473. The normalized spacial score (nSPS) is 24.0. The number of nitrogens with zero attached hydrogens (tertiary/aromatic N) is 2. The van der Waals surface area contributed by atoms with Gasteiger partial charge in [-0.2, -0.15) is 0 Å². The van der Waals surface area contributed by atoms with Crippen LogP contribution in [0, 0.1) is 0 Å². The summed E-state index contributed by atoms with van der Waals surface area (Å²) in [7, 11) is 1.74. The largest absolute Gasteiger partial charge is 0.324 e. The third-order valence-electron chi connectivity index (χ3n) is 2.27. The first-order chi connectivity index (χ1) is 4.70. The van der Waals surface area contributed by atoms with Crippen LogP contribution in [0.5, 0.6) is 0 Å². The third kappa shape index (κ3) is 2.07. The van der Waals surface area contributed by atoms with Crippen molar-refractivity contribution >= 4 is 8.96 Å². The number of piperazine rings is 1. The Bertz CT molecular complexity index is 97.8. The van der Waals surface area contributed by atoms with Gasteiger partial charge in [0.2, 0.25) is 0 Å². The van der Waals surface area contributed by atoms with Crippen molar-refractivity contribution in [3.63, 3.8) is 0 Å². The van der Waals surface area contributed by atoms with Crippen LogP contribution in [-0.4, -0.2) is 51.7 Å². The minimum absolute atomic E-state index is 0.473. The Kier molecular flexibility index (Phi) is 2.89. The first-order valence-electron chi connectivity index (χ1n) is 4.13. The molecule has 0 aromatic carbocycles. The minimum Gasteiger partial charge on any atom is -0.324 e. The zero-order valence-corrected chi connectivity index (χ0v) is 8.45. The maximum Gasteiger partial charge on any atom is 0.105 e. The third-order valence-corrected chi connectivity index (χ3v) is 4.25. The van der Waals surface area contributed by atoms with Gasteiger partial charge in [-0.3, -0.25) is 0 Å². The SMILES string of the molecule is CN1CCN([SiH](C)C)CC1.